The van der Waals surface area contributed by atoms with Crippen molar-refractivity contribution >= 4 is 23.3 Å². The number of carbonyl (C=O) groups excluding carboxylic acids is 1. The normalized spacial score (nSPS) is 10.4. The predicted octanol–water partition coefficient (Wildman–Crippen LogP) is 3.34. The highest BCUT2D eigenvalue weighted by atomic mass is 35.5. The first-order valence-corrected chi connectivity index (χ1v) is 6.44. The van der Waals surface area contributed by atoms with Gasteiger partial charge in [-0.25, -0.2) is 4.79 Å². The number of nitrogens with one attached hydrogen (secondary N) is 1. The van der Waals surface area contributed by atoms with E-state index in [2.05, 4.69) is 10.5 Å². The van der Waals surface area contributed by atoms with E-state index in [-0.39, 0.29) is 0 Å². The molecule has 0 atom stereocenters. The maximum absolute atomic E-state index is 11.7. The molecule has 0 spiro atoms. The Kier molecular flexibility index (Phi) is 4.29. The van der Waals surface area contributed by atoms with Crippen molar-refractivity contribution in [1.82, 2.24) is 5.16 Å². The van der Waals surface area contributed by atoms with E-state index in [9.17, 15) is 4.79 Å². The van der Waals surface area contributed by atoms with E-state index in [1.165, 1.54) is 7.11 Å². The van der Waals surface area contributed by atoms with Crippen LogP contribution in [0.25, 0.3) is 0 Å². The van der Waals surface area contributed by atoms with Crippen LogP contribution in [0.5, 0.6) is 0 Å². The predicted molar refractivity (Wildman–Crippen MR) is 76.1 cm³/mol. The number of halogens is 1. The highest BCUT2D eigenvalue weighted by Gasteiger charge is 2.14. The van der Waals surface area contributed by atoms with E-state index in [4.69, 9.17) is 20.9 Å². The number of ether oxygens (including phenoxy) is 1. The van der Waals surface area contributed by atoms with Crippen LogP contribution in [0.2, 0.25) is 5.02 Å². The van der Waals surface area contributed by atoms with Crippen LogP contribution in [0, 0.1) is 13.8 Å². The molecular weight excluding hydrogens is 280 g/mol. The first-order chi connectivity index (χ1) is 9.52. The summed E-state index contributed by atoms with van der Waals surface area (Å²) in [4.78, 5) is 11.7. The molecule has 0 aliphatic heterocycles. The molecule has 106 valence electrons. The van der Waals surface area contributed by atoms with Crippen molar-refractivity contribution in [3.05, 3.63) is 45.8 Å². The number of hydrogen-bond donors (Lipinski definition) is 1. The number of carbonyl (C=O) groups is 1. The van der Waals surface area contributed by atoms with Crippen LogP contribution >= 0.6 is 11.6 Å². The number of esters is 1. The van der Waals surface area contributed by atoms with Crippen molar-refractivity contribution in [2.24, 2.45) is 0 Å². The van der Waals surface area contributed by atoms with Crippen LogP contribution in [0.3, 0.4) is 0 Å². The first-order valence-electron chi connectivity index (χ1n) is 6.06. The summed E-state index contributed by atoms with van der Waals surface area (Å²) in [6.45, 7) is 4.23. The molecule has 0 aliphatic rings. The third kappa shape index (κ3) is 2.93. The third-order valence-electron chi connectivity index (χ3n) is 3.02. The molecule has 1 heterocycles. The average molecular weight is 295 g/mol. The maximum atomic E-state index is 11.7. The van der Waals surface area contributed by atoms with Gasteiger partial charge in [0.15, 0.2) is 0 Å². The van der Waals surface area contributed by atoms with Crippen LogP contribution in [-0.4, -0.2) is 18.2 Å². The number of anilines is 1. The first kappa shape index (κ1) is 14.4. The molecule has 0 aliphatic carbocycles. The Hall–Kier alpha value is -2.01. The number of nitrogens with zero attached hydrogens (tertiary/aromatic N) is 1. The minimum Gasteiger partial charge on any atom is -0.465 e. The fourth-order valence-corrected chi connectivity index (χ4v) is 2.06. The second-order valence-electron chi connectivity index (χ2n) is 4.34. The molecule has 0 radical (unpaired) electrons. The third-order valence-corrected chi connectivity index (χ3v) is 3.26. The topological polar surface area (TPSA) is 64.4 Å². The molecule has 1 N–H and O–H groups in total. The standard InChI is InChI=1S/C14H15ClN2O3/c1-8-12(9(2)20-17-8)7-16-13-5-4-10(15)6-11(13)14(18)19-3/h4-6,16H,7H2,1-3H3. The Labute approximate surface area is 121 Å². The van der Waals surface area contributed by atoms with Crippen LogP contribution < -0.4 is 5.32 Å². The van der Waals surface area contributed by atoms with E-state index >= 15 is 0 Å². The lowest BCUT2D eigenvalue weighted by Gasteiger charge is -2.11. The van der Waals surface area contributed by atoms with Gasteiger partial charge < -0.3 is 14.6 Å². The van der Waals surface area contributed by atoms with Crippen molar-refractivity contribution in [2.45, 2.75) is 20.4 Å². The molecule has 2 aromatic rings. The van der Waals surface area contributed by atoms with Gasteiger partial charge in [-0.15, -0.1) is 0 Å². The molecule has 5 nitrogen and oxygen atoms in total. The lowest BCUT2D eigenvalue weighted by atomic mass is 10.1. The number of rotatable bonds is 4. The molecule has 0 amide bonds. The quantitative estimate of drug-likeness (QED) is 0.876. The summed E-state index contributed by atoms with van der Waals surface area (Å²) in [5.74, 6) is 0.317. The van der Waals surface area contributed by atoms with Gasteiger partial charge in [-0.1, -0.05) is 16.8 Å². The number of benzene rings is 1. The van der Waals surface area contributed by atoms with E-state index in [0.29, 0.717) is 22.8 Å². The molecule has 0 saturated carbocycles. The minimum absolute atomic E-state index is 0.395. The Balaban J connectivity index is 2.23. The van der Waals surface area contributed by atoms with E-state index in [1.54, 1.807) is 18.2 Å². The van der Waals surface area contributed by atoms with Crippen LogP contribution in [-0.2, 0) is 11.3 Å². The summed E-state index contributed by atoms with van der Waals surface area (Å²) in [7, 11) is 1.33. The zero-order valence-electron chi connectivity index (χ0n) is 11.5. The largest absolute Gasteiger partial charge is 0.465 e. The summed E-state index contributed by atoms with van der Waals surface area (Å²) in [6.07, 6.45) is 0. The Morgan fingerprint density at radius 2 is 2.20 bits per heavy atom. The zero-order chi connectivity index (χ0) is 14.7. The molecule has 20 heavy (non-hydrogen) atoms. The molecule has 1 aromatic carbocycles. The summed E-state index contributed by atoms with van der Waals surface area (Å²) in [6, 6.07) is 5.03. The second-order valence-corrected chi connectivity index (χ2v) is 4.77. The Morgan fingerprint density at radius 3 is 2.80 bits per heavy atom. The van der Waals surface area contributed by atoms with Gasteiger partial charge >= 0.3 is 5.97 Å². The average Bonchev–Trinajstić information content (AvgIpc) is 2.76. The number of hydrogen-bond acceptors (Lipinski definition) is 5. The summed E-state index contributed by atoms with van der Waals surface area (Å²) in [5.41, 5.74) is 2.84. The van der Waals surface area contributed by atoms with Gasteiger partial charge in [-0.05, 0) is 32.0 Å². The molecule has 1 aromatic heterocycles. The van der Waals surface area contributed by atoms with Gasteiger partial charge in [0.1, 0.15) is 5.76 Å². The molecular formula is C14H15ClN2O3. The van der Waals surface area contributed by atoms with Crippen LogP contribution in [0.1, 0.15) is 27.4 Å². The van der Waals surface area contributed by atoms with Crippen LogP contribution in [0.15, 0.2) is 22.7 Å². The summed E-state index contributed by atoms with van der Waals surface area (Å²) in [5, 5.41) is 7.55. The van der Waals surface area contributed by atoms with Gasteiger partial charge in [-0.3, -0.25) is 0 Å². The smallest absolute Gasteiger partial charge is 0.340 e. The SMILES string of the molecule is COC(=O)c1cc(Cl)ccc1NCc1c(C)noc1C. The Morgan fingerprint density at radius 1 is 1.45 bits per heavy atom. The van der Waals surface area contributed by atoms with E-state index in [0.717, 1.165) is 17.0 Å². The van der Waals surface area contributed by atoms with Gasteiger partial charge in [0.25, 0.3) is 0 Å². The molecule has 0 saturated heterocycles. The molecule has 6 heteroatoms. The monoisotopic (exact) mass is 294 g/mol. The number of aryl methyl sites for hydroxylation is 2. The molecule has 0 bridgehead atoms. The van der Waals surface area contributed by atoms with E-state index in [1.807, 2.05) is 13.8 Å². The van der Waals surface area contributed by atoms with Crippen molar-refractivity contribution in [3.8, 4) is 0 Å². The maximum Gasteiger partial charge on any atom is 0.340 e. The van der Waals surface area contributed by atoms with Crippen molar-refractivity contribution in [2.75, 3.05) is 12.4 Å². The van der Waals surface area contributed by atoms with Gasteiger partial charge in [0, 0.05) is 22.8 Å². The fourth-order valence-electron chi connectivity index (χ4n) is 1.89. The zero-order valence-corrected chi connectivity index (χ0v) is 12.2. The van der Waals surface area contributed by atoms with Crippen molar-refractivity contribution in [3.63, 3.8) is 0 Å². The summed E-state index contributed by atoms with van der Waals surface area (Å²) >= 11 is 5.91. The molecule has 0 fully saturated rings. The van der Waals surface area contributed by atoms with Gasteiger partial charge in [0.05, 0.1) is 18.4 Å². The highest BCUT2D eigenvalue weighted by Crippen LogP contribution is 2.23. The van der Waals surface area contributed by atoms with Crippen molar-refractivity contribution < 1.29 is 14.1 Å². The molecule has 2 rings (SSSR count). The number of methoxy groups -OCH3 is 1. The van der Waals surface area contributed by atoms with Gasteiger partial charge in [-0.2, -0.15) is 0 Å². The van der Waals surface area contributed by atoms with Gasteiger partial charge in [0.2, 0.25) is 0 Å². The van der Waals surface area contributed by atoms with Crippen molar-refractivity contribution in [1.29, 1.82) is 0 Å². The second kappa shape index (κ2) is 5.96. The minimum atomic E-state index is -0.436. The lowest BCUT2D eigenvalue weighted by Crippen LogP contribution is -2.09. The highest BCUT2D eigenvalue weighted by molar-refractivity contribution is 6.31. The van der Waals surface area contributed by atoms with Crippen LogP contribution in [0.4, 0.5) is 5.69 Å². The van der Waals surface area contributed by atoms with E-state index < -0.39 is 5.97 Å². The lowest BCUT2D eigenvalue weighted by molar-refractivity contribution is 0.0602. The Bertz CT molecular complexity index is 618. The number of aromatic nitrogens is 1. The summed E-state index contributed by atoms with van der Waals surface area (Å²) < 4.78 is 9.85. The fraction of sp³-hybridized carbons (Fsp3) is 0.286. The molecule has 0 unspecified atom stereocenters.